The largest absolute Gasteiger partial charge is 0.366 e. The van der Waals surface area contributed by atoms with Gasteiger partial charge in [-0.3, -0.25) is 0 Å². The summed E-state index contributed by atoms with van der Waals surface area (Å²) in [6, 6.07) is 4.36. The zero-order chi connectivity index (χ0) is 8.55. The van der Waals surface area contributed by atoms with Crippen LogP contribution < -0.4 is 11.1 Å². The minimum atomic E-state index is 0.294. The van der Waals surface area contributed by atoms with Crippen molar-refractivity contribution in [2.24, 2.45) is 5.73 Å². The Morgan fingerprint density at radius 3 is 2.83 bits per heavy atom. The van der Waals surface area contributed by atoms with Gasteiger partial charge in [-0.1, -0.05) is 11.6 Å². The first-order valence-electron chi connectivity index (χ1n) is 3.89. The fourth-order valence-electron chi connectivity index (χ4n) is 1.03. The first-order valence-corrected chi connectivity index (χ1v) is 4.27. The highest BCUT2D eigenvalue weighted by Crippen LogP contribution is 2.22. The van der Waals surface area contributed by atoms with Crippen LogP contribution in [-0.2, 0) is 0 Å². The lowest BCUT2D eigenvalue weighted by molar-refractivity contribution is 0.996. The quantitative estimate of drug-likeness (QED) is 0.726. The van der Waals surface area contributed by atoms with E-state index in [0.29, 0.717) is 17.1 Å². The lowest BCUT2D eigenvalue weighted by Crippen LogP contribution is -2.13. The Balaban J connectivity index is 2.00. The van der Waals surface area contributed by atoms with Crippen molar-refractivity contribution in [3.8, 4) is 0 Å². The van der Waals surface area contributed by atoms with Crippen LogP contribution in [-0.4, -0.2) is 17.1 Å². The van der Waals surface area contributed by atoms with Gasteiger partial charge in [-0.15, -0.1) is 0 Å². The topological polar surface area (TPSA) is 50.9 Å². The highest BCUT2D eigenvalue weighted by atomic mass is 35.5. The second-order valence-corrected chi connectivity index (χ2v) is 3.45. The molecular weight excluding hydrogens is 174 g/mol. The molecule has 0 bridgehead atoms. The maximum absolute atomic E-state index is 5.68. The van der Waals surface area contributed by atoms with Gasteiger partial charge in [-0.2, -0.15) is 0 Å². The molecule has 4 heteroatoms. The van der Waals surface area contributed by atoms with Crippen LogP contribution in [0.3, 0.4) is 0 Å². The van der Waals surface area contributed by atoms with Crippen LogP contribution in [0.15, 0.2) is 18.3 Å². The third kappa shape index (κ3) is 1.68. The zero-order valence-electron chi connectivity index (χ0n) is 6.50. The van der Waals surface area contributed by atoms with Crippen LogP contribution in [0.25, 0.3) is 0 Å². The van der Waals surface area contributed by atoms with Crippen LogP contribution in [0.4, 0.5) is 5.82 Å². The summed E-state index contributed by atoms with van der Waals surface area (Å²) in [5, 5.41) is 3.85. The van der Waals surface area contributed by atoms with E-state index in [2.05, 4.69) is 10.3 Å². The normalized spacial score (nSPS) is 26.8. The van der Waals surface area contributed by atoms with Gasteiger partial charge in [0, 0.05) is 18.3 Å². The third-order valence-electron chi connectivity index (χ3n) is 1.90. The number of hydrogen-bond donors (Lipinski definition) is 2. The van der Waals surface area contributed by atoms with E-state index in [0.717, 1.165) is 12.2 Å². The van der Waals surface area contributed by atoms with E-state index < -0.39 is 0 Å². The molecule has 0 spiro atoms. The number of pyridine rings is 1. The number of halogens is 1. The van der Waals surface area contributed by atoms with Crippen LogP contribution in [0.1, 0.15) is 6.42 Å². The summed E-state index contributed by atoms with van der Waals surface area (Å²) in [5.74, 6) is 0.845. The third-order valence-corrected chi connectivity index (χ3v) is 2.12. The van der Waals surface area contributed by atoms with E-state index in [1.807, 2.05) is 12.1 Å². The fraction of sp³-hybridized carbons (Fsp3) is 0.375. The van der Waals surface area contributed by atoms with Crippen LogP contribution in [0.2, 0.25) is 5.02 Å². The van der Waals surface area contributed by atoms with Gasteiger partial charge in [-0.05, 0) is 18.6 Å². The molecule has 1 aliphatic rings. The van der Waals surface area contributed by atoms with Gasteiger partial charge in [0.05, 0.1) is 5.02 Å². The second-order valence-electron chi connectivity index (χ2n) is 3.01. The van der Waals surface area contributed by atoms with Gasteiger partial charge >= 0.3 is 0 Å². The number of anilines is 1. The molecule has 1 aromatic rings. The minimum absolute atomic E-state index is 0.294. The number of aromatic nitrogens is 1. The Kier molecular flexibility index (Phi) is 1.90. The van der Waals surface area contributed by atoms with Crippen molar-refractivity contribution in [2.75, 3.05) is 5.32 Å². The molecule has 0 aromatic carbocycles. The summed E-state index contributed by atoms with van der Waals surface area (Å²) >= 11 is 5.68. The monoisotopic (exact) mass is 183 g/mol. The van der Waals surface area contributed by atoms with Gasteiger partial charge in [0.1, 0.15) is 5.82 Å². The van der Waals surface area contributed by atoms with Crippen molar-refractivity contribution in [3.63, 3.8) is 0 Å². The molecule has 3 nitrogen and oxygen atoms in total. The molecule has 0 saturated heterocycles. The van der Waals surface area contributed by atoms with E-state index in [-0.39, 0.29) is 0 Å². The first-order chi connectivity index (χ1) is 5.75. The van der Waals surface area contributed by atoms with Crippen molar-refractivity contribution in [2.45, 2.75) is 18.5 Å². The number of rotatable bonds is 2. The summed E-state index contributed by atoms with van der Waals surface area (Å²) in [7, 11) is 0. The Hall–Kier alpha value is -0.800. The highest BCUT2D eigenvalue weighted by molar-refractivity contribution is 6.30. The average Bonchev–Trinajstić information content (AvgIpc) is 2.72. The van der Waals surface area contributed by atoms with E-state index >= 15 is 0 Å². The molecule has 1 aromatic heterocycles. The van der Waals surface area contributed by atoms with Crippen molar-refractivity contribution in [3.05, 3.63) is 23.4 Å². The Bertz CT molecular complexity index is 272. The highest BCUT2D eigenvalue weighted by Gasteiger charge is 2.33. The van der Waals surface area contributed by atoms with E-state index in [1.54, 1.807) is 6.20 Å². The van der Waals surface area contributed by atoms with Gasteiger partial charge in [0.2, 0.25) is 0 Å². The summed E-state index contributed by atoms with van der Waals surface area (Å²) in [6.07, 6.45) is 2.65. The molecule has 64 valence electrons. The van der Waals surface area contributed by atoms with E-state index in [4.69, 9.17) is 17.3 Å². The van der Waals surface area contributed by atoms with Gasteiger partial charge in [0.15, 0.2) is 0 Å². The predicted octanol–water partition coefficient (Wildman–Crippen LogP) is 1.25. The molecule has 0 radical (unpaired) electrons. The summed E-state index contributed by atoms with van der Waals surface area (Å²) in [4.78, 5) is 4.09. The number of nitrogens with two attached hydrogens (primary N) is 1. The van der Waals surface area contributed by atoms with Crippen molar-refractivity contribution in [1.82, 2.24) is 4.98 Å². The Morgan fingerprint density at radius 2 is 2.33 bits per heavy atom. The lowest BCUT2D eigenvalue weighted by atomic mass is 10.4. The summed E-state index contributed by atoms with van der Waals surface area (Å²) in [5.41, 5.74) is 5.63. The maximum atomic E-state index is 5.68. The molecule has 1 heterocycles. The zero-order valence-corrected chi connectivity index (χ0v) is 7.25. The summed E-state index contributed by atoms with van der Waals surface area (Å²) < 4.78 is 0. The first kappa shape index (κ1) is 7.83. The van der Waals surface area contributed by atoms with Crippen molar-refractivity contribution in [1.29, 1.82) is 0 Å². The van der Waals surface area contributed by atoms with Crippen LogP contribution >= 0.6 is 11.6 Å². The number of nitrogens with zero attached hydrogens (tertiary/aromatic N) is 1. The van der Waals surface area contributed by atoms with Crippen molar-refractivity contribution < 1.29 is 0 Å². The smallest absolute Gasteiger partial charge is 0.126 e. The number of hydrogen-bond acceptors (Lipinski definition) is 3. The van der Waals surface area contributed by atoms with E-state index in [1.165, 1.54) is 0 Å². The average molecular weight is 184 g/mol. The molecule has 12 heavy (non-hydrogen) atoms. The standard InChI is InChI=1S/C8H10ClN3/c9-5-1-2-8(11-4-5)12-7-3-6(7)10/h1-2,4,6-7H,3,10H2,(H,11,12). The van der Waals surface area contributed by atoms with Crippen molar-refractivity contribution >= 4 is 17.4 Å². The Labute approximate surface area is 75.9 Å². The molecule has 3 N–H and O–H groups in total. The van der Waals surface area contributed by atoms with Gasteiger partial charge in [-0.25, -0.2) is 4.98 Å². The number of nitrogens with one attached hydrogen (secondary N) is 1. The lowest BCUT2D eigenvalue weighted by Gasteiger charge is -2.02. The second kappa shape index (κ2) is 2.92. The molecule has 1 saturated carbocycles. The molecule has 2 unspecified atom stereocenters. The molecule has 0 amide bonds. The molecule has 2 atom stereocenters. The van der Waals surface area contributed by atoms with E-state index in [9.17, 15) is 0 Å². The van der Waals surface area contributed by atoms with Gasteiger partial charge in [0.25, 0.3) is 0 Å². The molecule has 0 aliphatic heterocycles. The van der Waals surface area contributed by atoms with Gasteiger partial charge < -0.3 is 11.1 Å². The predicted molar refractivity (Wildman–Crippen MR) is 49.3 cm³/mol. The molecule has 2 rings (SSSR count). The fourth-order valence-corrected chi connectivity index (χ4v) is 1.14. The minimum Gasteiger partial charge on any atom is -0.366 e. The maximum Gasteiger partial charge on any atom is 0.126 e. The molecule has 1 aliphatic carbocycles. The SMILES string of the molecule is NC1CC1Nc1ccc(Cl)cn1. The molecule has 1 fully saturated rings. The Morgan fingerprint density at radius 1 is 1.58 bits per heavy atom. The molecular formula is C8H10ClN3. The summed E-state index contributed by atoms with van der Waals surface area (Å²) in [6.45, 7) is 0. The van der Waals surface area contributed by atoms with Crippen LogP contribution in [0.5, 0.6) is 0 Å². The van der Waals surface area contributed by atoms with Crippen LogP contribution in [0, 0.1) is 0 Å².